The fourth-order valence-electron chi connectivity index (χ4n) is 3.31. The minimum absolute atomic E-state index is 0.0693. The number of sulfone groups is 1. The molecule has 0 aliphatic rings. The summed E-state index contributed by atoms with van der Waals surface area (Å²) in [4.78, 5) is 15.3. The highest BCUT2D eigenvalue weighted by atomic mass is 32.2. The van der Waals surface area contributed by atoms with E-state index in [1.54, 1.807) is 23.6 Å². The molecular formula is C19H18F3N3O3S. The molecule has 0 saturated heterocycles. The van der Waals surface area contributed by atoms with Crippen molar-refractivity contribution in [2.45, 2.75) is 31.0 Å². The van der Waals surface area contributed by atoms with Gasteiger partial charge in [0.25, 0.3) is 0 Å². The lowest BCUT2D eigenvalue weighted by molar-refractivity contribution is -0.138. The highest BCUT2D eigenvalue weighted by Gasteiger charge is 2.34. The van der Waals surface area contributed by atoms with Crippen LogP contribution in [0.2, 0.25) is 0 Å². The van der Waals surface area contributed by atoms with Gasteiger partial charge >= 0.3 is 6.18 Å². The van der Waals surface area contributed by atoms with E-state index in [4.69, 9.17) is 5.73 Å². The third-order valence-electron chi connectivity index (χ3n) is 4.70. The number of fused-ring (bicyclic) bond motifs is 1. The maximum atomic E-state index is 13.6. The molecule has 0 radical (unpaired) electrons. The monoisotopic (exact) mass is 425 g/mol. The number of pyridine rings is 1. The Hall–Kier alpha value is -2.88. The molecule has 6 nitrogen and oxygen atoms in total. The first kappa shape index (κ1) is 20.8. The van der Waals surface area contributed by atoms with Crippen LogP contribution in [0.15, 0.2) is 41.4 Å². The van der Waals surface area contributed by atoms with Crippen molar-refractivity contribution >= 4 is 26.8 Å². The van der Waals surface area contributed by atoms with Crippen LogP contribution in [0.1, 0.15) is 22.4 Å². The van der Waals surface area contributed by atoms with Crippen LogP contribution in [-0.4, -0.2) is 30.1 Å². The van der Waals surface area contributed by atoms with E-state index < -0.39 is 32.4 Å². The molecule has 0 bridgehead atoms. The summed E-state index contributed by atoms with van der Waals surface area (Å²) in [5, 5.41) is 0.630. The van der Waals surface area contributed by atoms with Crippen LogP contribution in [0.25, 0.3) is 11.0 Å². The van der Waals surface area contributed by atoms with E-state index in [0.717, 1.165) is 18.4 Å². The second-order valence-electron chi connectivity index (χ2n) is 6.76. The summed E-state index contributed by atoms with van der Waals surface area (Å²) in [6, 6.07) is 6.34. The van der Waals surface area contributed by atoms with Crippen molar-refractivity contribution in [1.29, 1.82) is 0 Å². The van der Waals surface area contributed by atoms with Crippen molar-refractivity contribution in [2.75, 3.05) is 6.26 Å². The van der Waals surface area contributed by atoms with Gasteiger partial charge in [0.15, 0.2) is 9.84 Å². The zero-order valence-corrected chi connectivity index (χ0v) is 16.4. The average molecular weight is 425 g/mol. The van der Waals surface area contributed by atoms with Gasteiger partial charge in [-0.05, 0) is 42.3 Å². The van der Waals surface area contributed by atoms with Gasteiger partial charge in [0.05, 0.1) is 16.9 Å². The van der Waals surface area contributed by atoms with E-state index in [1.807, 2.05) is 0 Å². The van der Waals surface area contributed by atoms with Crippen LogP contribution in [-0.2, 0) is 33.8 Å². The standard InChI is InChI=1S/C19H18F3N3O3S/c1-11-15(9-17(23)26)14-4-3-7-24-18(14)25(11)10-12-5-6-13(29(2,27)28)8-16(12)19(20,21)22/h3-8H,9-10H2,1-2H3,(H2,23,26). The summed E-state index contributed by atoms with van der Waals surface area (Å²) in [6.45, 7) is 1.48. The van der Waals surface area contributed by atoms with E-state index in [2.05, 4.69) is 4.98 Å². The van der Waals surface area contributed by atoms with Gasteiger partial charge in [0.2, 0.25) is 5.91 Å². The zero-order chi connectivity index (χ0) is 21.6. The van der Waals surface area contributed by atoms with Gasteiger partial charge in [-0.3, -0.25) is 4.79 Å². The molecule has 0 fully saturated rings. The van der Waals surface area contributed by atoms with Crippen molar-refractivity contribution in [3.63, 3.8) is 0 Å². The topological polar surface area (TPSA) is 95.1 Å². The van der Waals surface area contributed by atoms with E-state index in [9.17, 15) is 26.4 Å². The number of hydrogen-bond donors (Lipinski definition) is 1. The SMILES string of the molecule is Cc1c(CC(N)=O)c2cccnc2n1Cc1ccc(S(C)(=O)=O)cc1C(F)(F)F. The summed E-state index contributed by atoms with van der Waals surface area (Å²) < 4.78 is 65.8. The van der Waals surface area contributed by atoms with Crippen molar-refractivity contribution in [3.8, 4) is 0 Å². The van der Waals surface area contributed by atoms with Gasteiger partial charge < -0.3 is 10.3 Å². The number of alkyl halides is 3. The first-order valence-electron chi connectivity index (χ1n) is 8.50. The normalized spacial score (nSPS) is 12.4. The second kappa shape index (κ2) is 7.18. The van der Waals surface area contributed by atoms with E-state index in [-0.39, 0.29) is 18.5 Å². The average Bonchev–Trinajstić information content (AvgIpc) is 2.86. The van der Waals surface area contributed by atoms with Crippen molar-refractivity contribution in [1.82, 2.24) is 9.55 Å². The first-order valence-corrected chi connectivity index (χ1v) is 10.4. The molecule has 2 aromatic heterocycles. The molecule has 29 heavy (non-hydrogen) atoms. The quantitative estimate of drug-likeness (QED) is 0.680. The number of nitrogens with two attached hydrogens (primary N) is 1. The second-order valence-corrected chi connectivity index (χ2v) is 8.77. The van der Waals surface area contributed by atoms with Crippen LogP contribution in [0.4, 0.5) is 13.2 Å². The Morgan fingerprint density at radius 1 is 1.24 bits per heavy atom. The summed E-state index contributed by atoms with van der Waals surface area (Å²) in [7, 11) is -3.80. The molecule has 3 rings (SSSR count). The molecule has 10 heteroatoms. The van der Waals surface area contributed by atoms with Crippen molar-refractivity contribution < 1.29 is 26.4 Å². The van der Waals surface area contributed by atoms with Crippen LogP contribution >= 0.6 is 0 Å². The summed E-state index contributed by atoms with van der Waals surface area (Å²) >= 11 is 0. The highest BCUT2D eigenvalue weighted by molar-refractivity contribution is 7.90. The van der Waals surface area contributed by atoms with Crippen LogP contribution in [0.3, 0.4) is 0 Å². The Balaban J connectivity index is 2.19. The Bertz CT molecular complexity index is 1210. The number of hydrogen-bond acceptors (Lipinski definition) is 4. The summed E-state index contributed by atoms with van der Waals surface area (Å²) in [6.07, 6.45) is -2.45. The maximum absolute atomic E-state index is 13.6. The van der Waals surface area contributed by atoms with E-state index in [1.165, 1.54) is 6.20 Å². The van der Waals surface area contributed by atoms with Gasteiger partial charge in [-0.25, -0.2) is 13.4 Å². The molecule has 0 saturated carbocycles. The number of carbonyl (C=O) groups is 1. The van der Waals surface area contributed by atoms with E-state index in [0.29, 0.717) is 28.4 Å². The van der Waals surface area contributed by atoms with Gasteiger partial charge in [-0.2, -0.15) is 13.2 Å². The Morgan fingerprint density at radius 3 is 2.52 bits per heavy atom. The molecule has 2 heterocycles. The number of primary amides is 1. The third kappa shape index (κ3) is 4.12. The summed E-state index contributed by atoms with van der Waals surface area (Å²) in [5.41, 5.74) is 5.75. The molecule has 3 aromatic rings. The lowest BCUT2D eigenvalue weighted by Gasteiger charge is -2.16. The van der Waals surface area contributed by atoms with Gasteiger partial charge in [0, 0.05) is 30.1 Å². The first-order chi connectivity index (χ1) is 13.4. The van der Waals surface area contributed by atoms with Crippen LogP contribution < -0.4 is 5.73 Å². The molecule has 0 spiro atoms. The van der Waals surface area contributed by atoms with Crippen LogP contribution in [0, 0.1) is 6.92 Å². The number of amides is 1. The predicted molar refractivity (Wildman–Crippen MR) is 101 cm³/mol. The highest BCUT2D eigenvalue weighted by Crippen LogP contribution is 2.35. The Kier molecular flexibility index (Phi) is 5.16. The minimum Gasteiger partial charge on any atom is -0.369 e. The lowest BCUT2D eigenvalue weighted by Crippen LogP contribution is -2.15. The smallest absolute Gasteiger partial charge is 0.369 e. The zero-order valence-electron chi connectivity index (χ0n) is 15.6. The van der Waals surface area contributed by atoms with E-state index >= 15 is 0 Å². The largest absolute Gasteiger partial charge is 0.416 e. The number of benzene rings is 1. The van der Waals surface area contributed by atoms with Gasteiger partial charge in [-0.15, -0.1) is 0 Å². The number of aromatic nitrogens is 2. The molecule has 1 aromatic carbocycles. The summed E-state index contributed by atoms with van der Waals surface area (Å²) in [5.74, 6) is -0.565. The molecule has 2 N–H and O–H groups in total. The van der Waals surface area contributed by atoms with Gasteiger partial charge in [0.1, 0.15) is 5.65 Å². The fraction of sp³-hybridized carbons (Fsp3) is 0.263. The number of rotatable bonds is 5. The van der Waals surface area contributed by atoms with Crippen LogP contribution in [0.5, 0.6) is 0 Å². The van der Waals surface area contributed by atoms with Crippen molar-refractivity contribution in [3.05, 3.63) is 58.9 Å². The molecular weight excluding hydrogens is 407 g/mol. The molecule has 0 aliphatic carbocycles. The minimum atomic E-state index is -4.74. The molecule has 0 atom stereocenters. The number of carbonyl (C=O) groups excluding carboxylic acids is 1. The Labute approximate surface area is 165 Å². The molecule has 154 valence electrons. The number of nitrogens with zero attached hydrogens (tertiary/aromatic N) is 2. The molecule has 0 unspecified atom stereocenters. The Morgan fingerprint density at radius 2 is 1.93 bits per heavy atom. The number of halogens is 3. The fourth-order valence-corrected chi connectivity index (χ4v) is 3.96. The molecule has 1 amide bonds. The van der Waals surface area contributed by atoms with Gasteiger partial charge in [-0.1, -0.05) is 6.07 Å². The lowest BCUT2D eigenvalue weighted by atomic mass is 10.1. The predicted octanol–water partition coefficient (Wildman–Crippen LogP) is 2.84. The maximum Gasteiger partial charge on any atom is 0.416 e. The third-order valence-corrected chi connectivity index (χ3v) is 5.81. The van der Waals surface area contributed by atoms with Crippen molar-refractivity contribution in [2.24, 2.45) is 5.73 Å². The molecule has 0 aliphatic heterocycles.